The topological polar surface area (TPSA) is 42.7 Å². The average Bonchev–Trinajstić information content (AvgIpc) is 3.20. The van der Waals surface area contributed by atoms with Gasteiger partial charge < -0.3 is 14.1 Å². The SMILES string of the molecule is Cc1ccc(CN(Cc2ccco2)C(=O)COc2ccc(C(C)(C)C)cc2)cc1. The molecule has 0 aliphatic rings. The molecule has 1 amide bonds. The Bertz CT molecular complexity index is 904. The van der Waals surface area contributed by atoms with Gasteiger partial charge >= 0.3 is 0 Å². The zero-order valence-electron chi connectivity index (χ0n) is 17.6. The van der Waals surface area contributed by atoms with E-state index in [1.165, 1.54) is 11.1 Å². The molecule has 0 fully saturated rings. The van der Waals surface area contributed by atoms with E-state index in [0.717, 1.165) is 11.3 Å². The van der Waals surface area contributed by atoms with Crippen molar-refractivity contribution in [2.45, 2.75) is 46.2 Å². The highest BCUT2D eigenvalue weighted by molar-refractivity contribution is 5.77. The van der Waals surface area contributed by atoms with Crippen LogP contribution in [0.15, 0.2) is 71.3 Å². The Morgan fingerprint density at radius 3 is 2.24 bits per heavy atom. The molecule has 29 heavy (non-hydrogen) atoms. The van der Waals surface area contributed by atoms with Crippen LogP contribution in [0.2, 0.25) is 0 Å². The minimum Gasteiger partial charge on any atom is -0.484 e. The van der Waals surface area contributed by atoms with Crippen LogP contribution in [-0.2, 0) is 23.3 Å². The molecule has 0 spiro atoms. The number of aryl methyl sites for hydroxylation is 1. The number of amides is 1. The maximum Gasteiger partial charge on any atom is 0.261 e. The van der Waals surface area contributed by atoms with Gasteiger partial charge in [0.05, 0.1) is 12.8 Å². The molecule has 0 aliphatic carbocycles. The molecular weight excluding hydrogens is 362 g/mol. The van der Waals surface area contributed by atoms with Crippen molar-refractivity contribution in [2.24, 2.45) is 0 Å². The molecule has 4 nitrogen and oxygen atoms in total. The number of furan rings is 1. The lowest BCUT2D eigenvalue weighted by Crippen LogP contribution is -2.34. The lowest BCUT2D eigenvalue weighted by Gasteiger charge is -2.22. The molecule has 0 atom stereocenters. The zero-order valence-corrected chi connectivity index (χ0v) is 17.6. The van der Waals surface area contributed by atoms with E-state index in [-0.39, 0.29) is 17.9 Å². The van der Waals surface area contributed by atoms with Gasteiger partial charge in [-0.3, -0.25) is 4.79 Å². The first-order valence-electron chi connectivity index (χ1n) is 9.90. The Morgan fingerprint density at radius 1 is 0.966 bits per heavy atom. The first-order valence-corrected chi connectivity index (χ1v) is 9.90. The molecule has 3 rings (SSSR count). The summed E-state index contributed by atoms with van der Waals surface area (Å²) in [7, 11) is 0. The fourth-order valence-corrected chi connectivity index (χ4v) is 3.02. The van der Waals surface area contributed by atoms with Crippen LogP contribution in [-0.4, -0.2) is 17.4 Å². The van der Waals surface area contributed by atoms with E-state index >= 15 is 0 Å². The molecule has 152 valence electrons. The number of hydrogen-bond acceptors (Lipinski definition) is 3. The summed E-state index contributed by atoms with van der Waals surface area (Å²) in [5.74, 6) is 1.36. The van der Waals surface area contributed by atoms with Crippen LogP contribution >= 0.6 is 0 Å². The summed E-state index contributed by atoms with van der Waals surface area (Å²) in [4.78, 5) is 14.7. The molecular formula is C25H29NO3. The molecule has 1 heterocycles. The minimum atomic E-state index is -0.0816. The first-order chi connectivity index (χ1) is 13.8. The van der Waals surface area contributed by atoms with Crippen molar-refractivity contribution >= 4 is 5.91 Å². The predicted molar refractivity (Wildman–Crippen MR) is 115 cm³/mol. The summed E-state index contributed by atoms with van der Waals surface area (Å²) in [5, 5.41) is 0. The Morgan fingerprint density at radius 2 is 1.66 bits per heavy atom. The molecule has 0 saturated heterocycles. The smallest absolute Gasteiger partial charge is 0.261 e. The number of nitrogens with zero attached hydrogens (tertiary/aromatic N) is 1. The molecule has 1 aromatic heterocycles. The van der Waals surface area contributed by atoms with E-state index < -0.39 is 0 Å². The van der Waals surface area contributed by atoms with Gasteiger partial charge in [0.15, 0.2) is 6.61 Å². The summed E-state index contributed by atoms with van der Waals surface area (Å²) >= 11 is 0. The van der Waals surface area contributed by atoms with Crippen LogP contribution in [0.25, 0.3) is 0 Å². The highest BCUT2D eigenvalue weighted by Crippen LogP contribution is 2.24. The van der Waals surface area contributed by atoms with E-state index in [1.807, 2.05) is 55.5 Å². The van der Waals surface area contributed by atoms with Gasteiger partial charge in [0.25, 0.3) is 5.91 Å². The van der Waals surface area contributed by atoms with Gasteiger partial charge in [-0.25, -0.2) is 0 Å². The third-order valence-corrected chi connectivity index (χ3v) is 4.86. The second-order valence-electron chi connectivity index (χ2n) is 8.38. The maximum atomic E-state index is 12.9. The van der Waals surface area contributed by atoms with Crippen LogP contribution in [0, 0.1) is 6.92 Å². The van der Waals surface area contributed by atoms with Gasteiger partial charge in [-0.05, 0) is 47.7 Å². The summed E-state index contributed by atoms with van der Waals surface area (Å²) in [6.45, 7) is 9.46. The largest absolute Gasteiger partial charge is 0.484 e. The van der Waals surface area contributed by atoms with Crippen molar-refractivity contribution < 1.29 is 13.9 Å². The average molecular weight is 392 g/mol. The fourth-order valence-electron chi connectivity index (χ4n) is 3.02. The van der Waals surface area contributed by atoms with Crippen molar-refractivity contribution in [3.05, 3.63) is 89.4 Å². The van der Waals surface area contributed by atoms with Crippen molar-refractivity contribution in [1.82, 2.24) is 4.90 Å². The Hall–Kier alpha value is -3.01. The molecule has 0 aliphatic heterocycles. The summed E-state index contributed by atoms with van der Waals surface area (Å²) in [6.07, 6.45) is 1.62. The molecule has 0 radical (unpaired) electrons. The van der Waals surface area contributed by atoms with E-state index in [1.54, 1.807) is 11.2 Å². The molecule has 0 N–H and O–H groups in total. The van der Waals surface area contributed by atoms with Crippen molar-refractivity contribution in [1.29, 1.82) is 0 Å². The molecule has 2 aromatic carbocycles. The monoisotopic (exact) mass is 391 g/mol. The standard InChI is InChI=1S/C25H29NO3/c1-19-7-9-20(10-8-19)16-26(17-23-6-5-15-28-23)24(27)18-29-22-13-11-21(12-14-22)25(2,3)4/h5-15H,16-18H2,1-4H3. The number of carbonyl (C=O) groups is 1. The quantitative estimate of drug-likeness (QED) is 0.535. The number of ether oxygens (including phenoxy) is 1. The molecule has 0 unspecified atom stereocenters. The van der Waals surface area contributed by atoms with E-state index in [9.17, 15) is 4.79 Å². The number of hydrogen-bond donors (Lipinski definition) is 0. The van der Waals surface area contributed by atoms with E-state index in [2.05, 4.69) is 32.9 Å². The van der Waals surface area contributed by atoms with Crippen LogP contribution < -0.4 is 4.74 Å². The summed E-state index contributed by atoms with van der Waals surface area (Å²) < 4.78 is 11.2. The number of carbonyl (C=O) groups excluding carboxylic acids is 1. The predicted octanol–water partition coefficient (Wildman–Crippen LogP) is 5.49. The lowest BCUT2D eigenvalue weighted by molar-refractivity contribution is -0.134. The van der Waals surface area contributed by atoms with Crippen LogP contribution in [0.1, 0.15) is 43.2 Å². The first kappa shape index (κ1) is 20.7. The second kappa shape index (κ2) is 8.99. The number of benzene rings is 2. The maximum absolute atomic E-state index is 12.9. The Kier molecular flexibility index (Phi) is 6.42. The Balaban J connectivity index is 1.66. The Labute approximate surface area is 173 Å². The molecule has 0 bridgehead atoms. The third kappa shape index (κ3) is 5.98. The van der Waals surface area contributed by atoms with Gasteiger partial charge in [0.1, 0.15) is 11.5 Å². The lowest BCUT2D eigenvalue weighted by atomic mass is 9.87. The van der Waals surface area contributed by atoms with E-state index in [4.69, 9.17) is 9.15 Å². The highest BCUT2D eigenvalue weighted by Gasteiger charge is 2.17. The minimum absolute atomic E-state index is 0.0125. The van der Waals surface area contributed by atoms with Crippen molar-refractivity contribution in [2.75, 3.05) is 6.61 Å². The zero-order chi connectivity index (χ0) is 20.9. The second-order valence-corrected chi connectivity index (χ2v) is 8.38. The van der Waals surface area contributed by atoms with Gasteiger partial charge in [-0.2, -0.15) is 0 Å². The molecule has 4 heteroatoms. The third-order valence-electron chi connectivity index (χ3n) is 4.86. The van der Waals surface area contributed by atoms with Crippen LogP contribution in [0.3, 0.4) is 0 Å². The summed E-state index contributed by atoms with van der Waals surface area (Å²) in [6, 6.07) is 19.8. The van der Waals surface area contributed by atoms with E-state index in [0.29, 0.717) is 18.8 Å². The van der Waals surface area contributed by atoms with Crippen molar-refractivity contribution in [3.8, 4) is 5.75 Å². The fraction of sp³-hybridized carbons (Fsp3) is 0.320. The molecule has 3 aromatic rings. The van der Waals surface area contributed by atoms with Crippen molar-refractivity contribution in [3.63, 3.8) is 0 Å². The number of rotatable bonds is 7. The summed E-state index contributed by atoms with van der Waals surface area (Å²) in [5.41, 5.74) is 3.59. The van der Waals surface area contributed by atoms with Gasteiger partial charge in [0, 0.05) is 6.54 Å². The molecule has 0 saturated carbocycles. The normalized spacial score (nSPS) is 11.3. The van der Waals surface area contributed by atoms with Gasteiger partial charge in [0.2, 0.25) is 0 Å². The van der Waals surface area contributed by atoms with Crippen LogP contribution in [0.5, 0.6) is 5.75 Å². The van der Waals surface area contributed by atoms with Gasteiger partial charge in [-0.15, -0.1) is 0 Å². The highest BCUT2D eigenvalue weighted by atomic mass is 16.5. The van der Waals surface area contributed by atoms with Gasteiger partial charge in [-0.1, -0.05) is 62.7 Å². The van der Waals surface area contributed by atoms with Crippen LogP contribution in [0.4, 0.5) is 0 Å².